The van der Waals surface area contributed by atoms with Gasteiger partial charge in [-0.15, -0.1) is 0 Å². The molecule has 1 heterocycles. The molecule has 1 aromatic carbocycles. The van der Waals surface area contributed by atoms with Crippen molar-refractivity contribution >= 4 is 6.09 Å². The number of hydrogen-bond acceptors (Lipinski definition) is 3. The van der Waals surface area contributed by atoms with Crippen LogP contribution in [-0.4, -0.2) is 36.3 Å². The second-order valence-electron chi connectivity index (χ2n) is 4.99. The molecule has 0 saturated carbocycles. The maximum Gasteiger partial charge on any atom is 0.410 e. The predicted octanol–water partition coefficient (Wildman–Crippen LogP) is 3.21. The summed E-state index contributed by atoms with van der Waals surface area (Å²) in [5.41, 5.74) is 1.16. The molecule has 1 aliphatic rings. The molecule has 20 heavy (non-hydrogen) atoms. The first-order chi connectivity index (χ1) is 9.76. The van der Waals surface area contributed by atoms with Gasteiger partial charge in [0.15, 0.2) is 0 Å². The molecule has 2 unspecified atom stereocenters. The smallest absolute Gasteiger partial charge is 0.410 e. The van der Waals surface area contributed by atoms with E-state index in [0.717, 1.165) is 24.9 Å². The molecular weight excluding hydrogens is 254 g/mol. The average molecular weight is 277 g/mol. The third-order valence-electron chi connectivity index (χ3n) is 3.71. The minimum Gasteiger partial charge on any atom is -0.450 e. The van der Waals surface area contributed by atoms with E-state index in [-0.39, 0.29) is 18.2 Å². The minimum absolute atomic E-state index is 0.101. The van der Waals surface area contributed by atoms with Crippen molar-refractivity contribution in [2.24, 2.45) is 0 Å². The number of ether oxygens (including phenoxy) is 2. The predicted molar refractivity (Wildman–Crippen MR) is 77.4 cm³/mol. The van der Waals surface area contributed by atoms with Crippen LogP contribution < -0.4 is 0 Å². The van der Waals surface area contributed by atoms with Crippen molar-refractivity contribution in [3.8, 4) is 0 Å². The van der Waals surface area contributed by atoms with Gasteiger partial charge in [-0.05, 0) is 25.3 Å². The first kappa shape index (κ1) is 14.9. The summed E-state index contributed by atoms with van der Waals surface area (Å²) in [5.74, 6) is 0. The molecule has 2 rings (SSSR count). The van der Waals surface area contributed by atoms with Gasteiger partial charge in [0.05, 0.1) is 25.4 Å². The highest BCUT2D eigenvalue weighted by Crippen LogP contribution is 2.25. The molecule has 4 nitrogen and oxygen atoms in total. The maximum absolute atomic E-state index is 11.9. The fourth-order valence-corrected chi connectivity index (χ4v) is 2.71. The van der Waals surface area contributed by atoms with E-state index in [0.29, 0.717) is 13.2 Å². The van der Waals surface area contributed by atoms with Gasteiger partial charge in [-0.3, -0.25) is 0 Å². The Morgan fingerprint density at radius 3 is 2.70 bits per heavy atom. The zero-order chi connectivity index (χ0) is 14.4. The molecule has 0 aliphatic carbocycles. The highest BCUT2D eigenvalue weighted by molar-refractivity contribution is 5.68. The van der Waals surface area contributed by atoms with Crippen LogP contribution in [0.4, 0.5) is 4.79 Å². The van der Waals surface area contributed by atoms with Gasteiger partial charge in [-0.2, -0.15) is 0 Å². The van der Waals surface area contributed by atoms with Crippen LogP contribution in [0, 0.1) is 0 Å². The Kier molecular flexibility index (Phi) is 5.41. The molecule has 0 radical (unpaired) electrons. The fraction of sp³-hybridized carbons (Fsp3) is 0.562. The van der Waals surface area contributed by atoms with E-state index < -0.39 is 0 Å². The Morgan fingerprint density at radius 2 is 2.05 bits per heavy atom. The first-order valence-electron chi connectivity index (χ1n) is 7.35. The summed E-state index contributed by atoms with van der Waals surface area (Å²) in [7, 11) is 0. The molecule has 0 N–H and O–H groups in total. The molecule has 1 fully saturated rings. The van der Waals surface area contributed by atoms with Crippen molar-refractivity contribution < 1.29 is 14.3 Å². The second-order valence-corrected chi connectivity index (χ2v) is 4.99. The van der Waals surface area contributed by atoms with Gasteiger partial charge < -0.3 is 14.4 Å². The monoisotopic (exact) mass is 277 g/mol. The molecule has 0 bridgehead atoms. The highest BCUT2D eigenvalue weighted by atomic mass is 16.6. The molecule has 1 amide bonds. The standard InChI is InChI=1S/C16H23NO3/c1-3-14-15(10-11-17(14)16(18)19-4-2)20-12-13-8-6-5-7-9-13/h5-9,14-15H,3-4,10-12H2,1-2H3. The van der Waals surface area contributed by atoms with Gasteiger partial charge in [0.1, 0.15) is 0 Å². The normalized spacial score (nSPS) is 22.0. The van der Waals surface area contributed by atoms with Crippen molar-refractivity contribution in [2.75, 3.05) is 13.2 Å². The number of benzene rings is 1. The molecule has 1 aliphatic heterocycles. The number of hydrogen-bond donors (Lipinski definition) is 0. The summed E-state index contributed by atoms with van der Waals surface area (Å²) >= 11 is 0. The fourth-order valence-electron chi connectivity index (χ4n) is 2.71. The minimum atomic E-state index is -0.217. The van der Waals surface area contributed by atoms with Crippen LogP contribution in [0.2, 0.25) is 0 Å². The van der Waals surface area contributed by atoms with E-state index >= 15 is 0 Å². The van der Waals surface area contributed by atoms with E-state index in [9.17, 15) is 4.79 Å². The third kappa shape index (κ3) is 3.51. The van der Waals surface area contributed by atoms with Crippen molar-refractivity contribution in [2.45, 2.75) is 45.4 Å². The Balaban J connectivity index is 1.91. The zero-order valence-electron chi connectivity index (χ0n) is 12.2. The summed E-state index contributed by atoms with van der Waals surface area (Å²) in [4.78, 5) is 13.7. The molecule has 1 aromatic rings. The summed E-state index contributed by atoms with van der Waals surface area (Å²) in [6.45, 7) is 5.65. The van der Waals surface area contributed by atoms with Crippen LogP contribution >= 0.6 is 0 Å². The van der Waals surface area contributed by atoms with Crippen LogP contribution in [0.15, 0.2) is 30.3 Å². The van der Waals surface area contributed by atoms with Crippen LogP contribution in [0.1, 0.15) is 32.3 Å². The lowest BCUT2D eigenvalue weighted by Crippen LogP contribution is -2.40. The molecule has 0 aromatic heterocycles. The van der Waals surface area contributed by atoms with Crippen molar-refractivity contribution in [1.82, 2.24) is 4.90 Å². The van der Waals surface area contributed by atoms with Gasteiger partial charge in [-0.25, -0.2) is 4.79 Å². The topological polar surface area (TPSA) is 38.8 Å². The van der Waals surface area contributed by atoms with Crippen LogP contribution in [0.3, 0.4) is 0 Å². The number of carbonyl (C=O) groups excluding carboxylic acids is 1. The SMILES string of the molecule is CCOC(=O)N1CCC(OCc2ccccc2)C1CC. The molecular formula is C16H23NO3. The lowest BCUT2D eigenvalue weighted by molar-refractivity contribution is 0.0129. The Morgan fingerprint density at radius 1 is 1.30 bits per heavy atom. The molecule has 2 atom stereocenters. The van der Waals surface area contributed by atoms with E-state index in [1.807, 2.05) is 25.1 Å². The number of carbonyl (C=O) groups is 1. The summed E-state index contributed by atoms with van der Waals surface area (Å²) in [6, 6.07) is 10.2. The lowest BCUT2D eigenvalue weighted by Gasteiger charge is -2.26. The Hall–Kier alpha value is -1.55. The number of nitrogens with zero attached hydrogens (tertiary/aromatic N) is 1. The van der Waals surface area contributed by atoms with Gasteiger partial charge in [0, 0.05) is 6.54 Å². The second kappa shape index (κ2) is 7.29. The summed E-state index contributed by atoms with van der Waals surface area (Å²) in [5, 5.41) is 0. The van der Waals surface area contributed by atoms with Gasteiger partial charge in [-0.1, -0.05) is 37.3 Å². The average Bonchev–Trinajstić information content (AvgIpc) is 2.89. The van der Waals surface area contributed by atoms with Gasteiger partial charge in [0.25, 0.3) is 0 Å². The highest BCUT2D eigenvalue weighted by Gasteiger charge is 2.37. The first-order valence-corrected chi connectivity index (χ1v) is 7.35. The Bertz CT molecular complexity index is 421. The van der Waals surface area contributed by atoms with Crippen LogP contribution in [-0.2, 0) is 16.1 Å². The van der Waals surface area contributed by atoms with Gasteiger partial charge >= 0.3 is 6.09 Å². The van der Waals surface area contributed by atoms with Crippen LogP contribution in [0.25, 0.3) is 0 Å². The number of likely N-dealkylation sites (tertiary alicyclic amines) is 1. The largest absolute Gasteiger partial charge is 0.450 e. The van der Waals surface area contributed by atoms with Gasteiger partial charge in [0.2, 0.25) is 0 Å². The molecule has 4 heteroatoms. The Labute approximate surface area is 120 Å². The summed E-state index contributed by atoms with van der Waals surface area (Å²) < 4.78 is 11.1. The quantitative estimate of drug-likeness (QED) is 0.829. The van der Waals surface area contributed by atoms with Crippen molar-refractivity contribution in [3.63, 3.8) is 0 Å². The van der Waals surface area contributed by atoms with E-state index in [1.54, 1.807) is 4.90 Å². The van der Waals surface area contributed by atoms with Crippen LogP contribution in [0.5, 0.6) is 0 Å². The van der Waals surface area contributed by atoms with E-state index in [2.05, 4.69) is 19.1 Å². The van der Waals surface area contributed by atoms with Crippen molar-refractivity contribution in [1.29, 1.82) is 0 Å². The number of rotatable bonds is 5. The van der Waals surface area contributed by atoms with E-state index in [4.69, 9.17) is 9.47 Å². The third-order valence-corrected chi connectivity index (χ3v) is 3.71. The van der Waals surface area contributed by atoms with Crippen molar-refractivity contribution in [3.05, 3.63) is 35.9 Å². The van der Waals surface area contributed by atoms with E-state index in [1.165, 1.54) is 0 Å². The molecule has 0 spiro atoms. The summed E-state index contributed by atoms with van der Waals surface area (Å²) in [6.07, 6.45) is 1.65. The number of amides is 1. The maximum atomic E-state index is 11.9. The molecule has 1 saturated heterocycles. The zero-order valence-corrected chi connectivity index (χ0v) is 12.2. The lowest BCUT2D eigenvalue weighted by atomic mass is 10.1. The molecule has 110 valence electrons.